The molecule has 0 aromatic heterocycles. The zero-order chi connectivity index (χ0) is 17.7. The van der Waals surface area contributed by atoms with Crippen molar-refractivity contribution in [1.29, 1.82) is 0 Å². The molecule has 1 unspecified atom stereocenters. The average Bonchev–Trinajstić information content (AvgIpc) is 2.95. The number of carbonyl (C=O) groups is 1. The van der Waals surface area contributed by atoms with Crippen molar-refractivity contribution in [2.24, 2.45) is 10.4 Å². The zero-order valence-electron chi connectivity index (χ0n) is 15.0. The lowest BCUT2D eigenvalue weighted by atomic mass is 9.79. The van der Waals surface area contributed by atoms with E-state index in [4.69, 9.17) is 4.74 Å². The Morgan fingerprint density at radius 1 is 1.50 bits per heavy atom. The van der Waals surface area contributed by atoms with Crippen LogP contribution < -0.4 is 15.4 Å². The van der Waals surface area contributed by atoms with Gasteiger partial charge in [-0.15, -0.1) is 24.0 Å². The van der Waals surface area contributed by atoms with Gasteiger partial charge in [-0.3, -0.25) is 9.79 Å². The Labute approximate surface area is 170 Å². The summed E-state index contributed by atoms with van der Waals surface area (Å²) in [4.78, 5) is 18.2. The topological polar surface area (TPSA) is 66.0 Å². The third kappa shape index (κ3) is 5.21. The second-order valence-corrected chi connectivity index (χ2v) is 6.76. The molecule has 0 saturated carbocycles. The van der Waals surface area contributed by atoms with E-state index in [2.05, 4.69) is 20.5 Å². The van der Waals surface area contributed by atoms with Crippen molar-refractivity contribution in [3.8, 4) is 5.75 Å². The summed E-state index contributed by atoms with van der Waals surface area (Å²) in [6, 6.07) is 6.12. The number of hydrogen-bond acceptors (Lipinski definition) is 3. The summed E-state index contributed by atoms with van der Waals surface area (Å²) in [5.41, 5.74) is 0.0328. The van der Waals surface area contributed by atoms with Gasteiger partial charge < -0.3 is 20.3 Å². The molecule has 2 heterocycles. The highest BCUT2D eigenvalue weighted by Gasteiger charge is 2.42. The number of amides is 1. The molecule has 1 aromatic rings. The van der Waals surface area contributed by atoms with Crippen LogP contribution in [0.3, 0.4) is 0 Å². The van der Waals surface area contributed by atoms with Crippen LogP contribution in [-0.4, -0.2) is 56.6 Å². The molecule has 0 bridgehead atoms. The molecule has 2 fully saturated rings. The fourth-order valence-electron chi connectivity index (χ4n) is 3.65. The lowest BCUT2D eigenvalue weighted by molar-refractivity contribution is -0.119. The monoisotopic (exact) mass is 476 g/mol. The molecule has 6 nitrogen and oxygen atoms in total. The van der Waals surface area contributed by atoms with Crippen LogP contribution in [0.4, 0.5) is 4.39 Å². The van der Waals surface area contributed by atoms with E-state index in [1.807, 2.05) is 0 Å². The first kappa shape index (κ1) is 20.7. The predicted molar refractivity (Wildman–Crippen MR) is 110 cm³/mol. The Morgan fingerprint density at radius 3 is 3.04 bits per heavy atom. The summed E-state index contributed by atoms with van der Waals surface area (Å²) >= 11 is 0. The van der Waals surface area contributed by atoms with Crippen molar-refractivity contribution < 1.29 is 13.9 Å². The molecule has 0 radical (unpaired) electrons. The van der Waals surface area contributed by atoms with E-state index >= 15 is 0 Å². The van der Waals surface area contributed by atoms with Crippen LogP contribution in [0.5, 0.6) is 5.75 Å². The molecule has 2 saturated heterocycles. The Kier molecular flexibility index (Phi) is 7.48. The maximum atomic E-state index is 13.1. The number of nitrogens with one attached hydrogen (secondary N) is 2. The molecular formula is C18H26FIN4O2. The summed E-state index contributed by atoms with van der Waals surface area (Å²) < 4.78 is 18.7. The van der Waals surface area contributed by atoms with E-state index in [0.29, 0.717) is 25.3 Å². The Balaban J connectivity index is 0.00000243. The van der Waals surface area contributed by atoms with Crippen molar-refractivity contribution in [3.05, 3.63) is 30.1 Å². The van der Waals surface area contributed by atoms with Gasteiger partial charge in [0, 0.05) is 44.6 Å². The van der Waals surface area contributed by atoms with Gasteiger partial charge in [-0.2, -0.15) is 0 Å². The molecule has 1 spiro atoms. The minimum absolute atomic E-state index is 0. The van der Waals surface area contributed by atoms with Gasteiger partial charge in [-0.05, 0) is 25.0 Å². The second kappa shape index (κ2) is 9.38. The second-order valence-electron chi connectivity index (χ2n) is 6.76. The molecule has 2 N–H and O–H groups in total. The van der Waals surface area contributed by atoms with Crippen molar-refractivity contribution in [1.82, 2.24) is 15.5 Å². The normalized spacial score (nSPS) is 22.8. The molecule has 0 aliphatic carbocycles. The van der Waals surface area contributed by atoms with Crippen molar-refractivity contribution in [3.63, 3.8) is 0 Å². The molecule has 8 heteroatoms. The number of rotatable bonds is 4. The average molecular weight is 476 g/mol. The predicted octanol–water partition coefficient (Wildman–Crippen LogP) is 2.00. The van der Waals surface area contributed by atoms with Gasteiger partial charge >= 0.3 is 0 Å². The fourth-order valence-corrected chi connectivity index (χ4v) is 3.65. The van der Waals surface area contributed by atoms with Gasteiger partial charge in [-0.25, -0.2) is 4.39 Å². The Bertz CT molecular complexity index is 658. The summed E-state index contributed by atoms with van der Waals surface area (Å²) in [5, 5.41) is 6.25. The molecule has 1 aromatic carbocycles. The van der Waals surface area contributed by atoms with Gasteiger partial charge in [0.25, 0.3) is 0 Å². The summed E-state index contributed by atoms with van der Waals surface area (Å²) in [6.07, 6.45) is 2.72. The summed E-state index contributed by atoms with van der Waals surface area (Å²) in [6.45, 7) is 3.50. The summed E-state index contributed by atoms with van der Waals surface area (Å²) in [5.74, 6) is 1.18. The molecule has 3 rings (SSSR count). The van der Waals surface area contributed by atoms with Gasteiger partial charge in [0.05, 0.1) is 6.54 Å². The first-order chi connectivity index (χ1) is 12.1. The van der Waals surface area contributed by atoms with Gasteiger partial charge in [0.1, 0.15) is 18.2 Å². The molecule has 144 valence electrons. The minimum atomic E-state index is -0.306. The molecule has 2 aliphatic rings. The maximum absolute atomic E-state index is 13.1. The number of nitrogens with zero attached hydrogens (tertiary/aromatic N) is 2. The number of ether oxygens (including phenoxy) is 1. The van der Waals surface area contributed by atoms with Crippen LogP contribution in [-0.2, 0) is 4.79 Å². The van der Waals surface area contributed by atoms with Gasteiger partial charge in [-0.1, -0.05) is 6.07 Å². The molecule has 2 aliphatic heterocycles. The van der Waals surface area contributed by atoms with E-state index in [0.717, 1.165) is 38.4 Å². The highest BCUT2D eigenvalue weighted by atomic mass is 127. The van der Waals surface area contributed by atoms with E-state index in [9.17, 15) is 9.18 Å². The lowest BCUT2D eigenvalue weighted by Gasteiger charge is -2.40. The van der Waals surface area contributed by atoms with Crippen LogP contribution in [0.25, 0.3) is 0 Å². The van der Waals surface area contributed by atoms with E-state index in [-0.39, 0.29) is 41.1 Å². The quantitative estimate of drug-likeness (QED) is 0.302. The highest BCUT2D eigenvalue weighted by molar-refractivity contribution is 14.0. The first-order valence-corrected chi connectivity index (χ1v) is 8.71. The number of piperidine rings is 1. The fraction of sp³-hybridized carbons (Fsp3) is 0.556. The zero-order valence-corrected chi connectivity index (χ0v) is 17.3. The van der Waals surface area contributed by atoms with Crippen LogP contribution in [0.15, 0.2) is 29.3 Å². The smallest absolute Gasteiger partial charge is 0.220 e. The van der Waals surface area contributed by atoms with Crippen molar-refractivity contribution in [2.75, 3.05) is 39.8 Å². The number of carbonyl (C=O) groups excluding carboxylic acids is 1. The first-order valence-electron chi connectivity index (χ1n) is 8.71. The minimum Gasteiger partial charge on any atom is -0.492 e. The lowest BCUT2D eigenvalue weighted by Crippen LogP contribution is -2.51. The number of aliphatic imine (C=N–C) groups is 1. The van der Waals surface area contributed by atoms with Gasteiger partial charge in [0.15, 0.2) is 5.96 Å². The molecular weight excluding hydrogens is 450 g/mol. The SMILES string of the molecule is CN=C(NCCOc1cccc(F)c1)N1CCCC2(CNC(=O)C2)C1.I. The number of benzene rings is 1. The van der Waals surface area contributed by atoms with Gasteiger partial charge in [0.2, 0.25) is 5.91 Å². The van der Waals surface area contributed by atoms with E-state index in [1.165, 1.54) is 12.1 Å². The molecule has 1 atom stereocenters. The van der Waals surface area contributed by atoms with E-state index in [1.54, 1.807) is 19.2 Å². The van der Waals surface area contributed by atoms with Crippen molar-refractivity contribution >= 4 is 35.8 Å². The number of halogens is 2. The van der Waals surface area contributed by atoms with Crippen LogP contribution >= 0.6 is 24.0 Å². The number of likely N-dealkylation sites (tertiary alicyclic amines) is 1. The van der Waals surface area contributed by atoms with Crippen LogP contribution in [0.2, 0.25) is 0 Å². The third-order valence-electron chi connectivity index (χ3n) is 4.82. The summed E-state index contributed by atoms with van der Waals surface area (Å²) in [7, 11) is 1.76. The maximum Gasteiger partial charge on any atom is 0.220 e. The molecule has 26 heavy (non-hydrogen) atoms. The number of guanidine groups is 1. The van der Waals surface area contributed by atoms with Crippen LogP contribution in [0, 0.1) is 11.2 Å². The van der Waals surface area contributed by atoms with E-state index < -0.39 is 0 Å². The molecule has 1 amide bonds. The third-order valence-corrected chi connectivity index (χ3v) is 4.82. The van der Waals surface area contributed by atoms with Crippen molar-refractivity contribution in [2.45, 2.75) is 19.3 Å². The Morgan fingerprint density at radius 2 is 2.35 bits per heavy atom. The standard InChI is InChI=1S/C18H25FN4O2.HI/c1-20-17(21-7-9-25-15-5-2-4-14(19)10-15)23-8-3-6-18(13-23)11-16(24)22-12-18;/h2,4-5,10H,3,6-9,11-13H2,1H3,(H,20,21)(H,22,24);1H. The highest BCUT2D eigenvalue weighted by Crippen LogP contribution is 2.35. The largest absolute Gasteiger partial charge is 0.492 e. The Hall–Kier alpha value is -1.58. The van der Waals surface area contributed by atoms with Crippen LogP contribution in [0.1, 0.15) is 19.3 Å². The number of hydrogen-bond donors (Lipinski definition) is 2.